The van der Waals surface area contributed by atoms with Gasteiger partial charge < -0.3 is 10.4 Å². The van der Waals surface area contributed by atoms with Gasteiger partial charge in [-0.25, -0.2) is 4.68 Å². The number of carbonyl (C=O) groups excluding carboxylic acids is 1. The molecule has 1 amide bonds. The highest BCUT2D eigenvalue weighted by Gasteiger charge is 2.12. The van der Waals surface area contributed by atoms with Crippen molar-refractivity contribution in [1.82, 2.24) is 20.3 Å². The van der Waals surface area contributed by atoms with Crippen LogP contribution in [0.4, 0.5) is 0 Å². The number of thiophene rings is 1. The van der Waals surface area contributed by atoms with E-state index >= 15 is 0 Å². The Bertz CT molecular complexity index is 608. The van der Waals surface area contributed by atoms with Crippen LogP contribution in [-0.4, -0.2) is 39.2 Å². The monoisotopic (exact) mass is 322 g/mol. The van der Waals surface area contributed by atoms with Gasteiger partial charge in [0.05, 0.1) is 16.6 Å². The summed E-state index contributed by atoms with van der Waals surface area (Å²) >= 11 is 1.49. The molecule has 0 spiro atoms. The zero-order valence-electron chi connectivity index (χ0n) is 13.0. The molecule has 0 aliphatic heterocycles. The summed E-state index contributed by atoms with van der Waals surface area (Å²) in [4.78, 5) is 13.9. The number of aliphatic hydroxyl groups excluding tert-OH is 1. The van der Waals surface area contributed by atoms with Gasteiger partial charge in [-0.05, 0) is 45.2 Å². The van der Waals surface area contributed by atoms with Gasteiger partial charge in [0.15, 0.2) is 0 Å². The number of aryl methyl sites for hydroxylation is 2. The first-order valence-electron chi connectivity index (χ1n) is 7.46. The van der Waals surface area contributed by atoms with Crippen LogP contribution < -0.4 is 5.32 Å². The molecule has 7 heteroatoms. The Morgan fingerprint density at radius 1 is 1.45 bits per heavy atom. The molecule has 0 saturated carbocycles. The van der Waals surface area contributed by atoms with Crippen LogP contribution in [0.15, 0.2) is 18.3 Å². The lowest BCUT2D eigenvalue weighted by Crippen LogP contribution is -2.29. The first kappa shape index (κ1) is 16.6. The van der Waals surface area contributed by atoms with E-state index in [1.165, 1.54) is 11.3 Å². The molecule has 0 radical (unpaired) electrons. The van der Waals surface area contributed by atoms with E-state index in [2.05, 4.69) is 15.6 Å². The van der Waals surface area contributed by atoms with Gasteiger partial charge in [-0.15, -0.1) is 16.4 Å². The second-order valence-corrected chi connectivity index (χ2v) is 6.63. The zero-order valence-corrected chi connectivity index (χ0v) is 13.8. The summed E-state index contributed by atoms with van der Waals surface area (Å²) in [6.07, 6.45) is 4.40. The maximum absolute atomic E-state index is 12.0. The molecule has 1 atom stereocenters. The lowest BCUT2D eigenvalue weighted by Gasteiger charge is -2.11. The van der Waals surface area contributed by atoms with E-state index in [4.69, 9.17) is 5.11 Å². The van der Waals surface area contributed by atoms with Gasteiger partial charge in [0.25, 0.3) is 5.91 Å². The number of unbranched alkanes of at least 4 members (excludes halogenated alkanes) is 1. The third-order valence-electron chi connectivity index (χ3n) is 3.37. The van der Waals surface area contributed by atoms with E-state index in [-0.39, 0.29) is 18.6 Å². The minimum atomic E-state index is -0.0479. The molecular formula is C15H22N4O2S. The zero-order chi connectivity index (χ0) is 15.9. The van der Waals surface area contributed by atoms with Crippen molar-refractivity contribution in [2.45, 2.75) is 39.2 Å². The molecule has 6 nitrogen and oxygen atoms in total. The smallest absolute Gasteiger partial charge is 0.261 e. The molecule has 2 aromatic rings. The standard InChI is InChI=1S/C15H22N4O2S/c1-11(9-16-15(21)14-7-6-12(2)22-14)19-10-13(17-18-19)5-3-4-8-20/h6-7,10-11,20H,3-5,8-9H2,1-2H3,(H,16,21). The van der Waals surface area contributed by atoms with E-state index in [1.807, 2.05) is 32.2 Å². The van der Waals surface area contributed by atoms with Gasteiger partial charge in [0, 0.05) is 24.2 Å². The van der Waals surface area contributed by atoms with Crippen molar-refractivity contribution in [1.29, 1.82) is 0 Å². The summed E-state index contributed by atoms with van der Waals surface area (Å²) in [7, 11) is 0. The first-order valence-corrected chi connectivity index (χ1v) is 8.28. The van der Waals surface area contributed by atoms with E-state index in [0.29, 0.717) is 6.54 Å². The molecule has 1 unspecified atom stereocenters. The number of hydrogen-bond donors (Lipinski definition) is 2. The third kappa shape index (κ3) is 4.64. The fraction of sp³-hybridized carbons (Fsp3) is 0.533. The molecule has 0 aromatic carbocycles. The summed E-state index contributed by atoms with van der Waals surface area (Å²) in [6.45, 7) is 4.69. The topological polar surface area (TPSA) is 80.0 Å². The van der Waals surface area contributed by atoms with Gasteiger partial charge in [-0.2, -0.15) is 0 Å². The Morgan fingerprint density at radius 2 is 2.27 bits per heavy atom. The highest BCUT2D eigenvalue weighted by molar-refractivity contribution is 7.13. The van der Waals surface area contributed by atoms with Gasteiger partial charge in [-0.3, -0.25) is 4.79 Å². The van der Waals surface area contributed by atoms with Gasteiger partial charge >= 0.3 is 0 Å². The SMILES string of the molecule is Cc1ccc(C(=O)NCC(C)n2cc(CCCCO)nn2)s1. The number of carbonyl (C=O) groups is 1. The normalized spacial score (nSPS) is 12.3. The van der Waals surface area contributed by atoms with Crippen LogP contribution in [0.2, 0.25) is 0 Å². The van der Waals surface area contributed by atoms with Crippen LogP contribution in [0, 0.1) is 6.92 Å². The van der Waals surface area contributed by atoms with Crippen LogP contribution in [-0.2, 0) is 6.42 Å². The second-order valence-electron chi connectivity index (χ2n) is 5.34. The van der Waals surface area contributed by atoms with Crippen molar-refractivity contribution < 1.29 is 9.90 Å². The second kappa shape index (κ2) is 8.05. The van der Waals surface area contributed by atoms with Crippen LogP contribution in [0.3, 0.4) is 0 Å². The fourth-order valence-corrected chi connectivity index (χ4v) is 2.82. The van der Waals surface area contributed by atoms with Gasteiger partial charge in [0.2, 0.25) is 0 Å². The van der Waals surface area contributed by atoms with Crippen LogP contribution in [0.5, 0.6) is 0 Å². The number of hydrogen-bond acceptors (Lipinski definition) is 5. The lowest BCUT2D eigenvalue weighted by atomic mass is 10.2. The summed E-state index contributed by atoms with van der Waals surface area (Å²) in [5, 5.41) is 19.9. The minimum absolute atomic E-state index is 0.0455. The Morgan fingerprint density at radius 3 is 2.95 bits per heavy atom. The number of aromatic nitrogens is 3. The van der Waals surface area contributed by atoms with E-state index in [1.54, 1.807) is 4.68 Å². The molecule has 120 valence electrons. The van der Waals surface area contributed by atoms with Crippen LogP contribution >= 0.6 is 11.3 Å². The Balaban J connectivity index is 1.81. The van der Waals surface area contributed by atoms with Crippen molar-refractivity contribution in [3.63, 3.8) is 0 Å². The first-order chi connectivity index (χ1) is 10.6. The number of rotatable bonds is 8. The lowest BCUT2D eigenvalue weighted by molar-refractivity contribution is 0.0952. The highest BCUT2D eigenvalue weighted by Crippen LogP contribution is 2.15. The maximum Gasteiger partial charge on any atom is 0.261 e. The fourth-order valence-electron chi connectivity index (χ4n) is 2.04. The van der Waals surface area contributed by atoms with E-state index in [0.717, 1.165) is 34.7 Å². The summed E-state index contributed by atoms with van der Waals surface area (Å²) in [5.41, 5.74) is 0.917. The highest BCUT2D eigenvalue weighted by atomic mass is 32.1. The largest absolute Gasteiger partial charge is 0.396 e. The molecular weight excluding hydrogens is 300 g/mol. The molecule has 2 heterocycles. The Hall–Kier alpha value is -1.73. The molecule has 0 bridgehead atoms. The number of aliphatic hydroxyl groups is 1. The summed E-state index contributed by atoms with van der Waals surface area (Å²) in [6, 6.07) is 3.83. The molecule has 22 heavy (non-hydrogen) atoms. The van der Waals surface area contributed by atoms with Crippen molar-refractivity contribution in [2.75, 3.05) is 13.2 Å². The predicted octanol–water partition coefficient (Wildman–Crippen LogP) is 1.95. The van der Waals surface area contributed by atoms with Gasteiger partial charge in [-0.1, -0.05) is 5.21 Å². The Kier molecular flexibility index (Phi) is 6.09. The van der Waals surface area contributed by atoms with E-state index < -0.39 is 0 Å². The molecule has 2 N–H and O–H groups in total. The summed E-state index contributed by atoms with van der Waals surface area (Å²) < 4.78 is 1.77. The van der Waals surface area contributed by atoms with Crippen LogP contribution in [0.1, 0.15) is 46.0 Å². The number of nitrogens with one attached hydrogen (secondary N) is 1. The number of amides is 1. The summed E-state index contributed by atoms with van der Waals surface area (Å²) in [5.74, 6) is -0.0479. The predicted molar refractivity (Wildman–Crippen MR) is 86.1 cm³/mol. The minimum Gasteiger partial charge on any atom is -0.396 e. The maximum atomic E-state index is 12.0. The van der Waals surface area contributed by atoms with Crippen LogP contribution in [0.25, 0.3) is 0 Å². The van der Waals surface area contributed by atoms with Crippen molar-refractivity contribution in [3.8, 4) is 0 Å². The third-order valence-corrected chi connectivity index (χ3v) is 4.37. The van der Waals surface area contributed by atoms with E-state index in [9.17, 15) is 4.79 Å². The van der Waals surface area contributed by atoms with Crippen molar-refractivity contribution in [2.24, 2.45) is 0 Å². The molecule has 0 fully saturated rings. The number of nitrogens with zero attached hydrogens (tertiary/aromatic N) is 3. The Labute approximate surface area is 134 Å². The quantitative estimate of drug-likeness (QED) is 0.728. The average molecular weight is 322 g/mol. The molecule has 0 saturated heterocycles. The molecule has 2 rings (SSSR count). The molecule has 0 aliphatic carbocycles. The van der Waals surface area contributed by atoms with Crippen molar-refractivity contribution >= 4 is 17.2 Å². The van der Waals surface area contributed by atoms with Crippen molar-refractivity contribution in [3.05, 3.63) is 33.8 Å². The molecule has 0 aliphatic rings. The molecule has 2 aromatic heterocycles. The van der Waals surface area contributed by atoms with Gasteiger partial charge in [0.1, 0.15) is 0 Å². The average Bonchev–Trinajstić information content (AvgIpc) is 3.14.